The number of nitrogens with one attached hydrogen (secondary N) is 1. The first-order valence-electron chi connectivity index (χ1n) is 9.50. The monoisotopic (exact) mass is 373 g/mol. The maximum atomic E-state index is 12.7. The van der Waals surface area contributed by atoms with E-state index in [-0.39, 0.29) is 11.5 Å². The number of fused-ring (bicyclic) bond motifs is 1. The van der Waals surface area contributed by atoms with E-state index in [0.29, 0.717) is 34.4 Å². The number of rotatable bonds is 6. The second kappa shape index (κ2) is 8.71. The molecule has 1 aromatic heterocycles. The molecule has 5 nitrogen and oxygen atoms in total. The minimum atomic E-state index is -0.0263. The van der Waals surface area contributed by atoms with Crippen LogP contribution in [-0.2, 0) is 11.3 Å². The molecule has 1 aliphatic rings. The van der Waals surface area contributed by atoms with Gasteiger partial charge in [-0.3, -0.25) is 14.2 Å². The zero-order chi connectivity index (χ0) is 18.5. The van der Waals surface area contributed by atoms with E-state index in [4.69, 9.17) is 0 Å². The zero-order valence-electron chi connectivity index (χ0n) is 15.5. The molecule has 3 rings (SSSR count). The lowest BCUT2D eigenvalue weighted by Gasteiger charge is -2.26. The van der Waals surface area contributed by atoms with Gasteiger partial charge in [0.2, 0.25) is 5.91 Å². The van der Waals surface area contributed by atoms with E-state index in [1.165, 1.54) is 24.6 Å². The quantitative estimate of drug-likeness (QED) is 0.621. The van der Waals surface area contributed by atoms with Gasteiger partial charge in [-0.1, -0.05) is 37.7 Å². The smallest absolute Gasteiger partial charge is 0.262 e. The van der Waals surface area contributed by atoms with Crippen LogP contribution in [0.5, 0.6) is 0 Å². The molecular weight excluding hydrogens is 346 g/mol. The average molecular weight is 374 g/mol. The molecule has 2 aromatic rings. The fraction of sp³-hybridized carbons (Fsp3) is 0.550. The fourth-order valence-electron chi connectivity index (χ4n) is 3.48. The number of aromatic nitrogens is 2. The third kappa shape index (κ3) is 4.47. The second-order valence-electron chi connectivity index (χ2n) is 7.18. The van der Waals surface area contributed by atoms with Gasteiger partial charge in [-0.05, 0) is 50.2 Å². The van der Waals surface area contributed by atoms with Gasteiger partial charge in [0.25, 0.3) is 5.56 Å². The zero-order valence-corrected chi connectivity index (χ0v) is 16.3. The fourth-order valence-corrected chi connectivity index (χ4v) is 4.32. The van der Waals surface area contributed by atoms with E-state index in [9.17, 15) is 9.59 Å². The van der Waals surface area contributed by atoms with Crippen molar-refractivity contribution in [3.63, 3.8) is 0 Å². The second-order valence-corrected chi connectivity index (χ2v) is 8.12. The SMILES string of the molecule is CCCn1c(SCC(=O)NC2CCC(C)CC2)nc2ccccc2c1=O. The van der Waals surface area contributed by atoms with E-state index in [1.54, 1.807) is 4.57 Å². The van der Waals surface area contributed by atoms with Gasteiger partial charge in [-0.25, -0.2) is 4.98 Å². The van der Waals surface area contributed by atoms with Gasteiger partial charge in [0.05, 0.1) is 16.7 Å². The number of carbonyl (C=O) groups excluding carboxylic acids is 1. The molecule has 0 saturated heterocycles. The normalized spacial score (nSPS) is 20.2. The summed E-state index contributed by atoms with van der Waals surface area (Å²) in [7, 11) is 0. The standard InChI is InChI=1S/C20H27N3O2S/c1-3-12-23-19(25)16-6-4-5-7-17(16)22-20(23)26-13-18(24)21-15-10-8-14(2)9-11-15/h4-7,14-15H,3,8-13H2,1-2H3,(H,21,24). The van der Waals surface area contributed by atoms with Crippen LogP contribution in [0.25, 0.3) is 10.9 Å². The Morgan fingerprint density at radius 3 is 2.73 bits per heavy atom. The highest BCUT2D eigenvalue weighted by Crippen LogP contribution is 2.24. The lowest BCUT2D eigenvalue weighted by Crippen LogP contribution is -2.38. The van der Waals surface area contributed by atoms with Crippen molar-refractivity contribution in [2.45, 2.75) is 63.7 Å². The molecule has 1 amide bonds. The highest BCUT2D eigenvalue weighted by molar-refractivity contribution is 7.99. The number of thioether (sulfide) groups is 1. The molecule has 0 bridgehead atoms. The predicted octanol–water partition coefficient (Wildman–Crippen LogP) is 3.59. The summed E-state index contributed by atoms with van der Waals surface area (Å²) in [5.41, 5.74) is 0.663. The molecule has 1 aromatic carbocycles. The Bertz CT molecular complexity index is 825. The van der Waals surface area contributed by atoms with Crippen LogP contribution < -0.4 is 10.9 Å². The number of nitrogens with zero attached hydrogens (tertiary/aromatic N) is 2. The van der Waals surface area contributed by atoms with Crippen molar-refractivity contribution in [1.82, 2.24) is 14.9 Å². The number of hydrogen-bond acceptors (Lipinski definition) is 4. The summed E-state index contributed by atoms with van der Waals surface area (Å²) in [5, 5.41) is 4.40. The Labute approximate surface area is 158 Å². The number of amides is 1. The van der Waals surface area contributed by atoms with Crippen LogP contribution in [0, 0.1) is 5.92 Å². The molecule has 0 spiro atoms. The van der Waals surface area contributed by atoms with Crippen molar-refractivity contribution in [1.29, 1.82) is 0 Å². The minimum absolute atomic E-state index is 0.0263. The van der Waals surface area contributed by atoms with Crippen molar-refractivity contribution in [2.75, 3.05) is 5.75 Å². The molecule has 1 heterocycles. The van der Waals surface area contributed by atoms with Gasteiger partial charge in [0.15, 0.2) is 5.16 Å². The third-order valence-corrected chi connectivity index (χ3v) is 5.96. The molecule has 26 heavy (non-hydrogen) atoms. The van der Waals surface area contributed by atoms with Crippen LogP contribution in [-0.4, -0.2) is 27.3 Å². The van der Waals surface area contributed by atoms with Crippen molar-refractivity contribution in [3.05, 3.63) is 34.6 Å². The van der Waals surface area contributed by atoms with Crippen LogP contribution in [0.1, 0.15) is 46.0 Å². The molecule has 140 valence electrons. The molecular formula is C20H27N3O2S. The molecule has 1 saturated carbocycles. The molecule has 0 radical (unpaired) electrons. The largest absolute Gasteiger partial charge is 0.353 e. The Kier molecular flexibility index (Phi) is 6.35. The molecule has 1 fully saturated rings. The van der Waals surface area contributed by atoms with Gasteiger partial charge in [0, 0.05) is 12.6 Å². The summed E-state index contributed by atoms with van der Waals surface area (Å²) < 4.78 is 1.70. The van der Waals surface area contributed by atoms with E-state index in [2.05, 4.69) is 17.2 Å². The minimum Gasteiger partial charge on any atom is -0.353 e. The topological polar surface area (TPSA) is 64.0 Å². The Hall–Kier alpha value is -1.82. The van der Waals surface area contributed by atoms with Gasteiger partial charge < -0.3 is 5.32 Å². The highest BCUT2D eigenvalue weighted by atomic mass is 32.2. The first-order chi connectivity index (χ1) is 12.6. The number of para-hydroxylation sites is 1. The summed E-state index contributed by atoms with van der Waals surface area (Å²) in [6, 6.07) is 7.68. The van der Waals surface area contributed by atoms with E-state index in [0.717, 1.165) is 25.2 Å². The van der Waals surface area contributed by atoms with Crippen LogP contribution in [0.3, 0.4) is 0 Å². The van der Waals surface area contributed by atoms with Crippen LogP contribution in [0.4, 0.5) is 0 Å². The number of benzene rings is 1. The van der Waals surface area contributed by atoms with Crippen LogP contribution >= 0.6 is 11.8 Å². The molecule has 0 atom stereocenters. The molecule has 1 N–H and O–H groups in total. The summed E-state index contributed by atoms with van der Waals surface area (Å²) >= 11 is 1.35. The van der Waals surface area contributed by atoms with Gasteiger partial charge in [-0.15, -0.1) is 0 Å². The third-order valence-electron chi connectivity index (χ3n) is 4.99. The maximum absolute atomic E-state index is 12.7. The number of hydrogen-bond donors (Lipinski definition) is 1. The molecule has 0 aliphatic heterocycles. The lowest BCUT2D eigenvalue weighted by atomic mass is 9.87. The Morgan fingerprint density at radius 1 is 1.27 bits per heavy atom. The lowest BCUT2D eigenvalue weighted by molar-refractivity contribution is -0.119. The first kappa shape index (κ1) is 19.0. The molecule has 6 heteroatoms. The van der Waals surface area contributed by atoms with Crippen LogP contribution in [0.2, 0.25) is 0 Å². The van der Waals surface area contributed by atoms with Crippen LogP contribution in [0.15, 0.2) is 34.2 Å². The summed E-state index contributed by atoms with van der Waals surface area (Å²) in [4.78, 5) is 29.7. The average Bonchev–Trinajstić information content (AvgIpc) is 2.64. The summed E-state index contributed by atoms with van der Waals surface area (Å²) in [6.07, 6.45) is 5.33. The maximum Gasteiger partial charge on any atom is 0.262 e. The summed E-state index contributed by atoms with van der Waals surface area (Å²) in [5.74, 6) is 1.09. The molecule has 1 aliphatic carbocycles. The van der Waals surface area contributed by atoms with E-state index in [1.807, 2.05) is 31.2 Å². The van der Waals surface area contributed by atoms with E-state index < -0.39 is 0 Å². The highest BCUT2D eigenvalue weighted by Gasteiger charge is 2.20. The Balaban J connectivity index is 1.70. The van der Waals surface area contributed by atoms with Gasteiger partial charge >= 0.3 is 0 Å². The van der Waals surface area contributed by atoms with Crippen molar-refractivity contribution in [2.24, 2.45) is 5.92 Å². The Morgan fingerprint density at radius 2 is 2.00 bits per heavy atom. The number of carbonyl (C=O) groups is 1. The predicted molar refractivity (Wildman–Crippen MR) is 107 cm³/mol. The van der Waals surface area contributed by atoms with Crippen molar-refractivity contribution in [3.8, 4) is 0 Å². The van der Waals surface area contributed by atoms with Crippen molar-refractivity contribution < 1.29 is 4.79 Å². The van der Waals surface area contributed by atoms with Gasteiger partial charge in [-0.2, -0.15) is 0 Å². The van der Waals surface area contributed by atoms with E-state index >= 15 is 0 Å². The first-order valence-corrected chi connectivity index (χ1v) is 10.5. The summed E-state index contributed by atoms with van der Waals surface area (Å²) in [6.45, 7) is 4.92. The van der Waals surface area contributed by atoms with Gasteiger partial charge in [0.1, 0.15) is 0 Å². The van der Waals surface area contributed by atoms with Crippen molar-refractivity contribution >= 4 is 28.6 Å². The molecule has 0 unspecified atom stereocenters.